The van der Waals surface area contributed by atoms with E-state index in [9.17, 15) is 0 Å². The molecule has 0 aliphatic heterocycles. The van der Waals surface area contributed by atoms with Crippen molar-refractivity contribution in [3.63, 3.8) is 0 Å². The van der Waals surface area contributed by atoms with Crippen molar-refractivity contribution in [3.05, 3.63) is 59.7 Å². The molecule has 0 aromatic heterocycles. The summed E-state index contributed by atoms with van der Waals surface area (Å²) in [4.78, 5) is 2.67. The van der Waals surface area contributed by atoms with E-state index < -0.39 is 0 Å². The normalized spacial score (nSPS) is 20.5. The van der Waals surface area contributed by atoms with Gasteiger partial charge in [-0.1, -0.05) is 67.8 Å². The third-order valence-corrected chi connectivity index (χ3v) is 5.50. The molecule has 0 atom stereocenters. The van der Waals surface area contributed by atoms with Crippen LogP contribution >= 0.6 is 0 Å². The van der Waals surface area contributed by atoms with Crippen LogP contribution in [0.25, 0.3) is 0 Å². The fourth-order valence-corrected chi connectivity index (χ4v) is 4.06. The van der Waals surface area contributed by atoms with Crippen molar-refractivity contribution >= 4 is 0 Å². The van der Waals surface area contributed by atoms with E-state index in [1.165, 1.54) is 56.1 Å². The van der Waals surface area contributed by atoms with Crippen LogP contribution in [0.4, 0.5) is 0 Å². The molecule has 0 unspecified atom stereocenters. The Morgan fingerprint density at radius 3 is 2.39 bits per heavy atom. The van der Waals surface area contributed by atoms with E-state index in [1.54, 1.807) is 0 Å². The second-order valence-corrected chi connectivity index (χ2v) is 7.09. The van der Waals surface area contributed by atoms with Gasteiger partial charge in [-0.15, -0.1) is 0 Å². The Hall–Kier alpha value is -1.38. The average molecular weight is 310 g/mol. The first kappa shape index (κ1) is 16.5. The first-order valence-electron chi connectivity index (χ1n) is 9.17. The van der Waals surface area contributed by atoms with Crippen molar-refractivity contribution in [3.8, 4) is 0 Å². The minimum Gasteiger partial charge on any atom is -0.329 e. The maximum Gasteiger partial charge on any atom is 0.0338 e. The Kier molecular flexibility index (Phi) is 5.69. The van der Waals surface area contributed by atoms with Gasteiger partial charge in [0.15, 0.2) is 0 Å². The van der Waals surface area contributed by atoms with Crippen molar-refractivity contribution in [1.29, 1.82) is 0 Å². The van der Waals surface area contributed by atoms with Crippen LogP contribution in [0.2, 0.25) is 0 Å². The molecule has 0 heterocycles. The van der Waals surface area contributed by atoms with Gasteiger partial charge < -0.3 is 5.73 Å². The summed E-state index contributed by atoms with van der Waals surface area (Å²) < 4.78 is 0. The maximum absolute atomic E-state index is 6.32. The van der Waals surface area contributed by atoms with Gasteiger partial charge >= 0.3 is 0 Å². The molecule has 2 heteroatoms. The summed E-state index contributed by atoms with van der Waals surface area (Å²) in [6.45, 7) is 2.81. The largest absolute Gasteiger partial charge is 0.329 e. The van der Waals surface area contributed by atoms with Gasteiger partial charge in [-0.25, -0.2) is 0 Å². The molecule has 2 aliphatic rings. The number of nitrogens with two attached hydrogens (primary N) is 1. The van der Waals surface area contributed by atoms with Crippen molar-refractivity contribution in [2.24, 2.45) is 5.73 Å². The summed E-state index contributed by atoms with van der Waals surface area (Å²) in [6, 6.07) is 10.9. The molecule has 1 fully saturated rings. The fourth-order valence-electron chi connectivity index (χ4n) is 4.06. The summed E-state index contributed by atoms with van der Waals surface area (Å²) in [5.41, 5.74) is 9.36. The lowest BCUT2D eigenvalue weighted by Gasteiger charge is -2.46. The number of nitrogens with zero attached hydrogens (tertiary/aromatic N) is 1. The van der Waals surface area contributed by atoms with Gasteiger partial charge in [-0.05, 0) is 36.8 Å². The Morgan fingerprint density at radius 2 is 1.74 bits per heavy atom. The molecule has 2 N–H and O–H groups in total. The molecule has 0 bridgehead atoms. The van der Waals surface area contributed by atoms with Crippen LogP contribution in [0.15, 0.2) is 54.1 Å². The van der Waals surface area contributed by atoms with E-state index >= 15 is 0 Å². The molecular formula is C21H30N2. The minimum absolute atomic E-state index is 0.181. The van der Waals surface area contributed by atoms with Gasteiger partial charge in [0.25, 0.3) is 0 Å². The topological polar surface area (TPSA) is 29.3 Å². The van der Waals surface area contributed by atoms with Gasteiger partial charge in [0.2, 0.25) is 0 Å². The van der Waals surface area contributed by atoms with Gasteiger partial charge in [-0.3, -0.25) is 4.90 Å². The Morgan fingerprint density at radius 1 is 0.957 bits per heavy atom. The summed E-state index contributed by atoms with van der Waals surface area (Å²) in [5.74, 6) is 0. The molecule has 1 saturated carbocycles. The number of rotatable bonds is 6. The molecule has 2 nitrogen and oxygen atoms in total. The van der Waals surface area contributed by atoms with E-state index in [0.29, 0.717) is 0 Å². The SMILES string of the molecule is NCC1(N(CC2=CCCC=C2)Cc2ccccc2)CCCCC1. The first-order chi connectivity index (χ1) is 11.3. The van der Waals surface area contributed by atoms with Crippen molar-refractivity contribution in [1.82, 2.24) is 4.90 Å². The maximum atomic E-state index is 6.32. The highest BCUT2D eigenvalue weighted by Crippen LogP contribution is 2.35. The molecule has 0 saturated heterocycles. The second kappa shape index (κ2) is 7.94. The van der Waals surface area contributed by atoms with Crippen LogP contribution in [0.1, 0.15) is 50.5 Å². The minimum atomic E-state index is 0.181. The molecule has 1 aromatic carbocycles. The molecule has 2 aliphatic carbocycles. The Labute approximate surface area is 141 Å². The first-order valence-corrected chi connectivity index (χ1v) is 9.17. The predicted molar refractivity (Wildman–Crippen MR) is 98.2 cm³/mol. The Balaban J connectivity index is 1.82. The quantitative estimate of drug-likeness (QED) is 0.842. The lowest BCUT2D eigenvalue weighted by molar-refractivity contribution is 0.0590. The van der Waals surface area contributed by atoms with E-state index in [4.69, 9.17) is 5.73 Å². The van der Waals surface area contributed by atoms with E-state index in [2.05, 4.69) is 53.5 Å². The van der Waals surface area contributed by atoms with Gasteiger partial charge in [0, 0.05) is 25.2 Å². The second-order valence-electron chi connectivity index (χ2n) is 7.09. The number of allylic oxidation sites excluding steroid dienone is 2. The fraction of sp³-hybridized carbons (Fsp3) is 0.524. The van der Waals surface area contributed by atoms with Gasteiger partial charge in [0.1, 0.15) is 0 Å². The summed E-state index contributed by atoms with van der Waals surface area (Å²) in [7, 11) is 0. The van der Waals surface area contributed by atoms with Crippen molar-refractivity contribution in [2.75, 3.05) is 13.1 Å². The molecule has 0 radical (unpaired) electrons. The van der Waals surface area contributed by atoms with E-state index in [1.807, 2.05) is 0 Å². The number of hydrogen-bond donors (Lipinski definition) is 1. The molecule has 1 aromatic rings. The molecular weight excluding hydrogens is 280 g/mol. The smallest absolute Gasteiger partial charge is 0.0338 e. The van der Waals surface area contributed by atoms with Crippen LogP contribution in [0.3, 0.4) is 0 Å². The molecule has 3 rings (SSSR count). The van der Waals surface area contributed by atoms with Crippen LogP contribution in [0.5, 0.6) is 0 Å². The molecule has 124 valence electrons. The van der Waals surface area contributed by atoms with Gasteiger partial charge in [0.05, 0.1) is 0 Å². The zero-order valence-corrected chi connectivity index (χ0v) is 14.2. The third kappa shape index (κ3) is 4.13. The van der Waals surface area contributed by atoms with E-state index in [-0.39, 0.29) is 5.54 Å². The number of benzene rings is 1. The Bertz CT molecular complexity index is 538. The van der Waals surface area contributed by atoms with Crippen LogP contribution in [-0.2, 0) is 6.54 Å². The zero-order chi connectivity index (χ0) is 16.0. The lowest BCUT2D eigenvalue weighted by Crippen LogP contribution is -2.55. The molecule has 0 spiro atoms. The molecule has 0 amide bonds. The number of hydrogen-bond acceptors (Lipinski definition) is 2. The summed E-state index contributed by atoms with van der Waals surface area (Å²) >= 11 is 0. The van der Waals surface area contributed by atoms with Crippen LogP contribution in [-0.4, -0.2) is 23.5 Å². The lowest BCUT2D eigenvalue weighted by atomic mass is 9.79. The van der Waals surface area contributed by atoms with Crippen molar-refractivity contribution < 1.29 is 0 Å². The highest BCUT2D eigenvalue weighted by Gasteiger charge is 2.36. The average Bonchev–Trinajstić information content (AvgIpc) is 2.63. The van der Waals surface area contributed by atoms with E-state index in [0.717, 1.165) is 19.6 Å². The van der Waals surface area contributed by atoms with Gasteiger partial charge in [-0.2, -0.15) is 0 Å². The zero-order valence-electron chi connectivity index (χ0n) is 14.2. The summed E-state index contributed by atoms with van der Waals surface area (Å²) in [5, 5.41) is 0. The van der Waals surface area contributed by atoms with Crippen LogP contribution in [0, 0.1) is 0 Å². The molecule has 23 heavy (non-hydrogen) atoms. The summed E-state index contributed by atoms with van der Waals surface area (Å²) in [6.07, 6.45) is 15.9. The highest BCUT2D eigenvalue weighted by atomic mass is 15.2. The monoisotopic (exact) mass is 310 g/mol. The highest BCUT2D eigenvalue weighted by molar-refractivity contribution is 5.25. The van der Waals surface area contributed by atoms with Crippen molar-refractivity contribution in [2.45, 2.75) is 57.0 Å². The predicted octanol–water partition coefficient (Wildman–Crippen LogP) is 4.43. The van der Waals surface area contributed by atoms with Crippen LogP contribution < -0.4 is 5.73 Å². The third-order valence-electron chi connectivity index (χ3n) is 5.50. The standard InChI is InChI=1S/C21H30N2/c22-18-21(14-8-3-9-15-21)23(16-19-10-4-1-5-11-19)17-20-12-6-2-7-13-20/h1,4-6,10-13H,2-3,7-9,14-18,22H2.